The Kier molecular flexibility index (Phi) is 4.84. The quantitative estimate of drug-likeness (QED) is 0.802. The van der Waals surface area contributed by atoms with Gasteiger partial charge >= 0.3 is 0 Å². The average Bonchev–Trinajstić information content (AvgIpc) is 2.81. The van der Waals surface area contributed by atoms with Crippen LogP contribution in [0.15, 0.2) is 18.2 Å². The summed E-state index contributed by atoms with van der Waals surface area (Å²) in [6, 6.07) is 5.71. The molecule has 1 aromatic carbocycles. The molecule has 0 aliphatic rings. The standard InChI is InChI=1S/C15H20N2O2S/c1-3-4-5-9-17-15(18)14-13(16)12-10(19-2)7-6-8-11(12)20-14/h6-8H,3-5,9,16H2,1-2H3,(H,17,18). The van der Waals surface area contributed by atoms with E-state index in [1.807, 2.05) is 18.2 Å². The van der Waals surface area contributed by atoms with Crippen LogP contribution in [-0.4, -0.2) is 19.6 Å². The largest absolute Gasteiger partial charge is 0.496 e. The Balaban J connectivity index is 2.22. The molecule has 1 amide bonds. The number of nitrogen functional groups attached to an aromatic ring is 1. The van der Waals surface area contributed by atoms with Crippen molar-refractivity contribution in [3.05, 3.63) is 23.1 Å². The zero-order valence-corrected chi connectivity index (χ0v) is 12.7. The maximum absolute atomic E-state index is 12.2. The number of hydrogen-bond donors (Lipinski definition) is 2. The molecule has 0 radical (unpaired) electrons. The van der Waals surface area contributed by atoms with Gasteiger partial charge in [0.2, 0.25) is 0 Å². The minimum atomic E-state index is -0.0955. The molecule has 0 bridgehead atoms. The van der Waals surface area contributed by atoms with E-state index in [2.05, 4.69) is 12.2 Å². The first kappa shape index (κ1) is 14.7. The van der Waals surface area contributed by atoms with Crippen LogP contribution in [0.2, 0.25) is 0 Å². The number of carbonyl (C=O) groups is 1. The van der Waals surface area contributed by atoms with Gasteiger partial charge in [-0.3, -0.25) is 4.79 Å². The SMILES string of the molecule is CCCCCNC(=O)c1sc2cccc(OC)c2c1N. The Hall–Kier alpha value is -1.75. The van der Waals surface area contributed by atoms with Gasteiger partial charge < -0.3 is 15.8 Å². The van der Waals surface area contributed by atoms with Crippen LogP contribution in [0.4, 0.5) is 5.69 Å². The second-order valence-electron chi connectivity index (χ2n) is 4.64. The molecule has 1 aromatic heterocycles. The van der Waals surface area contributed by atoms with Crippen molar-refractivity contribution in [2.45, 2.75) is 26.2 Å². The van der Waals surface area contributed by atoms with Crippen LogP contribution < -0.4 is 15.8 Å². The number of unbranched alkanes of at least 4 members (excludes halogenated alkanes) is 2. The maximum Gasteiger partial charge on any atom is 0.263 e. The number of carbonyl (C=O) groups excluding carboxylic acids is 1. The lowest BCUT2D eigenvalue weighted by Crippen LogP contribution is -2.24. The Bertz CT molecular complexity index is 607. The van der Waals surface area contributed by atoms with Crippen LogP contribution in [0.5, 0.6) is 5.75 Å². The van der Waals surface area contributed by atoms with E-state index in [9.17, 15) is 4.79 Å². The van der Waals surface area contributed by atoms with Crippen molar-refractivity contribution in [2.75, 3.05) is 19.4 Å². The summed E-state index contributed by atoms with van der Waals surface area (Å²) < 4.78 is 6.28. The number of thiophene rings is 1. The van der Waals surface area contributed by atoms with Gasteiger partial charge in [0.1, 0.15) is 10.6 Å². The number of nitrogens with two attached hydrogens (primary N) is 1. The number of benzene rings is 1. The van der Waals surface area contributed by atoms with E-state index < -0.39 is 0 Å². The summed E-state index contributed by atoms with van der Waals surface area (Å²) in [4.78, 5) is 12.7. The van der Waals surface area contributed by atoms with Crippen LogP contribution in [-0.2, 0) is 0 Å². The molecule has 3 N–H and O–H groups in total. The van der Waals surface area contributed by atoms with Gasteiger partial charge in [0.25, 0.3) is 5.91 Å². The van der Waals surface area contributed by atoms with E-state index in [4.69, 9.17) is 10.5 Å². The van der Waals surface area contributed by atoms with Crippen molar-refractivity contribution in [1.29, 1.82) is 0 Å². The Morgan fingerprint density at radius 3 is 2.90 bits per heavy atom. The Morgan fingerprint density at radius 1 is 1.40 bits per heavy atom. The second-order valence-corrected chi connectivity index (χ2v) is 5.69. The number of hydrogen-bond acceptors (Lipinski definition) is 4. The van der Waals surface area contributed by atoms with E-state index in [1.165, 1.54) is 11.3 Å². The van der Waals surface area contributed by atoms with E-state index in [0.717, 1.165) is 29.3 Å². The lowest BCUT2D eigenvalue weighted by atomic mass is 10.2. The molecule has 4 nitrogen and oxygen atoms in total. The smallest absolute Gasteiger partial charge is 0.263 e. The Morgan fingerprint density at radius 2 is 2.20 bits per heavy atom. The van der Waals surface area contributed by atoms with Gasteiger partial charge in [0, 0.05) is 11.2 Å². The lowest BCUT2D eigenvalue weighted by Gasteiger charge is -2.04. The molecule has 0 atom stereocenters. The fraction of sp³-hybridized carbons (Fsp3) is 0.400. The van der Waals surface area contributed by atoms with Crippen LogP contribution in [0.1, 0.15) is 35.9 Å². The van der Waals surface area contributed by atoms with Crippen LogP contribution >= 0.6 is 11.3 Å². The summed E-state index contributed by atoms with van der Waals surface area (Å²) in [5.41, 5.74) is 6.63. The minimum Gasteiger partial charge on any atom is -0.496 e. The van der Waals surface area contributed by atoms with Crippen molar-refractivity contribution < 1.29 is 9.53 Å². The third-order valence-corrected chi connectivity index (χ3v) is 4.38. The van der Waals surface area contributed by atoms with Crippen LogP contribution in [0, 0.1) is 0 Å². The summed E-state index contributed by atoms with van der Waals surface area (Å²) in [5, 5.41) is 3.76. The molecule has 5 heteroatoms. The van der Waals surface area contributed by atoms with Gasteiger partial charge in [-0.1, -0.05) is 25.8 Å². The summed E-state index contributed by atoms with van der Waals surface area (Å²) in [6.07, 6.45) is 3.25. The average molecular weight is 292 g/mol. The number of amides is 1. The third-order valence-electron chi connectivity index (χ3n) is 3.21. The fourth-order valence-corrected chi connectivity index (χ4v) is 3.19. The zero-order valence-electron chi connectivity index (χ0n) is 11.9. The molecule has 2 aromatic rings. The molecule has 1 heterocycles. The Labute approximate surface area is 122 Å². The summed E-state index contributed by atoms with van der Waals surface area (Å²) in [5.74, 6) is 0.614. The summed E-state index contributed by atoms with van der Waals surface area (Å²) >= 11 is 1.41. The highest BCUT2D eigenvalue weighted by Gasteiger charge is 2.18. The normalized spacial score (nSPS) is 10.7. The molecular weight excluding hydrogens is 272 g/mol. The second kappa shape index (κ2) is 6.61. The van der Waals surface area contributed by atoms with E-state index in [1.54, 1.807) is 7.11 Å². The summed E-state index contributed by atoms with van der Waals surface area (Å²) in [6.45, 7) is 2.83. The predicted molar refractivity (Wildman–Crippen MR) is 84.6 cm³/mol. The number of ether oxygens (including phenoxy) is 1. The number of fused-ring (bicyclic) bond motifs is 1. The first-order valence-corrected chi connectivity index (χ1v) is 7.63. The van der Waals surface area contributed by atoms with Gasteiger partial charge in [-0.15, -0.1) is 11.3 Å². The molecule has 0 fully saturated rings. The van der Waals surface area contributed by atoms with Crippen molar-refractivity contribution in [3.63, 3.8) is 0 Å². The lowest BCUT2D eigenvalue weighted by molar-refractivity contribution is 0.0958. The van der Waals surface area contributed by atoms with Gasteiger partial charge in [-0.2, -0.15) is 0 Å². The van der Waals surface area contributed by atoms with Crippen LogP contribution in [0.3, 0.4) is 0 Å². The molecule has 2 rings (SSSR count). The molecule has 0 saturated carbocycles. The molecule has 0 aliphatic heterocycles. The number of nitrogens with one attached hydrogen (secondary N) is 1. The van der Waals surface area contributed by atoms with Crippen molar-refractivity contribution in [2.24, 2.45) is 0 Å². The molecule has 0 spiro atoms. The van der Waals surface area contributed by atoms with E-state index >= 15 is 0 Å². The van der Waals surface area contributed by atoms with Crippen molar-refractivity contribution >= 4 is 33.0 Å². The predicted octanol–water partition coefficient (Wildman–Crippen LogP) is 3.41. The monoisotopic (exact) mass is 292 g/mol. The minimum absolute atomic E-state index is 0.0955. The molecular formula is C15H20N2O2S. The van der Waals surface area contributed by atoms with E-state index in [0.29, 0.717) is 22.9 Å². The molecule has 20 heavy (non-hydrogen) atoms. The van der Waals surface area contributed by atoms with Crippen molar-refractivity contribution in [1.82, 2.24) is 5.32 Å². The van der Waals surface area contributed by atoms with Gasteiger partial charge in [-0.25, -0.2) is 0 Å². The maximum atomic E-state index is 12.2. The number of rotatable bonds is 6. The third kappa shape index (κ3) is 2.88. The topological polar surface area (TPSA) is 64.3 Å². The summed E-state index contributed by atoms with van der Waals surface area (Å²) in [7, 11) is 1.61. The van der Waals surface area contributed by atoms with E-state index in [-0.39, 0.29) is 5.91 Å². The van der Waals surface area contributed by atoms with Gasteiger partial charge in [0.05, 0.1) is 18.2 Å². The number of methoxy groups -OCH3 is 1. The number of anilines is 1. The highest BCUT2D eigenvalue weighted by Crippen LogP contribution is 2.39. The molecule has 108 valence electrons. The highest BCUT2D eigenvalue weighted by atomic mass is 32.1. The molecule has 0 aliphatic carbocycles. The van der Waals surface area contributed by atoms with Gasteiger partial charge in [0.15, 0.2) is 0 Å². The molecule has 0 unspecified atom stereocenters. The van der Waals surface area contributed by atoms with Crippen molar-refractivity contribution in [3.8, 4) is 5.75 Å². The molecule has 0 saturated heterocycles. The van der Waals surface area contributed by atoms with Crippen LogP contribution in [0.25, 0.3) is 10.1 Å². The fourth-order valence-electron chi connectivity index (χ4n) is 2.14. The first-order chi connectivity index (χ1) is 9.69. The first-order valence-electron chi connectivity index (χ1n) is 6.82. The highest BCUT2D eigenvalue weighted by molar-refractivity contribution is 7.21. The zero-order chi connectivity index (χ0) is 14.5. The van der Waals surface area contributed by atoms with Gasteiger partial charge in [-0.05, 0) is 18.6 Å².